The SMILES string of the molecule is Cc1ccc(OCC(=O)NNC(=O)c2ccc(CSc3nccn3C)o2)cc1C. The fourth-order valence-corrected chi connectivity index (χ4v) is 3.21. The predicted molar refractivity (Wildman–Crippen MR) is 108 cm³/mol. The van der Waals surface area contributed by atoms with Crippen LogP contribution in [0.3, 0.4) is 0 Å². The van der Waals surface area contributed by atoms with Gasteiger partial charge in [-0.1, -0.05) is 17.8 Å². The van der Waals surface area contributed by atoms with Crippen molar-refractivity contribution in [2.24, 2.45) is 7.05 Å². The molecule has 2 aromatic heterocycles. The van der Waals surface area contributed by atoms with E-state index in [1.807, 2.05) is 43.8 Å². The first kappa shape index (κ1) is 20.5. The van der Waals surface area contributed by atoms with Gasteiger partial charge in [-0.2, -0.15) is 0 Å². The Morgan fingerprint density at radius 3 is 2.72 bits per heavy atom. The van der Waals surface area contributed by atoms with Gasteiger partial charge in [0, 0.05) is 19.4 Å². The van der Waals surface area contributed by atoms with E-state index in [-0.39, 0.29) is 12.4 Å². The Morgan fingerprint density at radius 1 is 1.17 bits per heavy atom. The number of ether oxygens (including phenoxy) is 1. The van der Waals surface area contributed by atoms with Gasteiger partial charge in [0.15, 0.2) is 17.5 Å². The molecule has 0 aliphatic carbocycles. The van der Waals surface area contributed by atoms with Crippen LogP contribution in [0.1, 0.15) is 27.4 Å². The maximum atomic E-state index is 12.1. The van der Waals surface area contributed by atoms with E-state index in [9.17, 15) is 9.59 Å². The number of nitrogens with one attached hydrogen (secondary N) is 2. The Hall–Kier alpha value is -3.20. The summed E-state index contributed by atoms with van der Waals surface area (Å²) in [4.78, 5) is 28.2. The number of hydrazine groups is 1. The summed E-state index contributed by atoms with van der Waals surface area (Å²) in [5.74, 6) is 0.846. The largest absolute Gasteiger partial charge is 0.484 e. The number of carbonyl (C=O) groups is 2. The number of carbonyl (C=O) groups excluding carboxylic acids is 2. The van der Waals surface area contributed by atoms with Crippen molar-refractivity contribution in [3.05, 3.63) is 65.4 Å². The van der Waals surface area contributed by atoms with Crippen LogP contribution in [0.2, 0.25) is 0 Å². The quantitative estimate of drug-likeness (QED) is 0.456. The minimum Gasteiger partial charge on any atom is -0.484 e. The Morgan fingerprint density at radius 2 is 2.00 bits per heavy atom. The van der Waals surface area contributed by atoms with Crippen molar-refractivity contribution < 1.29 is 18.7 Å². The Bertz CT molecular complexity index is 1010. The highest BCUT2D eigenvalue weighted by Crippen LogP contribution is 2.21. The molecule has 3 rings (SSSR count). The summed E-state index contributed by atoms with van der Waals surface area (Å²) in [6.07, 6.45) is 3.57. The molecule has 2 heterocycles. The molecule has 2 N–H and O–H groups in total. The lowest BCUT2D eigenvalue weighted by Gasteiger charge is -2.09. The highest BCUT2D eigenvalue weighted by molar-refractivity contribution is 7.98. The second-order valence-electron chi connectivity index (χ2n) is 6.41. The van der Waals surface area contributed by atoms with Crippen LogP contribution < -0.4 is 15.6 Å². The molecule has 0 bridgehead atoms. The number of imidazole rings is 1. The van der Waals surface area contributed by atoms with Gasteiger partial charge in [0.1, 0.15) is 11.5 Å². The number of benzene rings is 1. The summed E-state index contributed by atoms with van der Waals surface area (Å²) in [5, 5.41) is 0.850. The molecule has 0 aliphatic rings. The lowest BCUT2D eigenvalue weighted by atomic mass is 10.1. The normalized spacial score (nSPS) is 10.6. The summed E-state index contributed by atoms with van der Waals surface area (Å²) in [7, 11) is 1.91. The van der Waals surface area contributed by atoms with E-state index in [4.69, 9.17) is 9.15 Å². The van der Waals surface area contributed by atoms with Crippen molar-refractivity contribution in [1.82, 2.24) is 20.4 Å². The average molecular weight is 414 g/mol. The van der Waals surface area contributed by atoms with E-state index in [0.717, 1.165) is 16.3 Å². The molecule has 8 nitrogen and oxygen atoms in total. The molecule has 9 heteroatoms. The van der Waals surface area contributed by atoms with Crippen molar-refractivity contribution in [3.63, 3.8) is 0 Å². The number of amides is 2. The summed E-state index contributed by atoms with van der Waals surface area (Å²) in [6.45, 7) is 3.75. The number of hydrogen-bond acceptors (Lipinski definition) is 6. The number of furan rings is 1. The second-order valence-corrected chi connectivity index (χ2v) is 7.35. The lowest BCUT2D eigenvalue weighted by molar-refractivity contribution is -0.123. The smallest absolute Gasteiger partial charge is 0.305 e. The van der Waals surface area contributed by atoms with Gasteiger partial charge < -0.3 is 13.7 Å². The minimum atomic E-state index is -0.544. The van der Waals surface area contributed by atoms with Gasteiger partial charge in [-0.3, -0.25) is 20.4 Å². The first-order chi connectivity index (χ1) is 13.9. The average Bonchev–Trinajstić information content (AvgIpc) is 3.34. The standard InChI is InChI=1S/C20H22N4O4S/c1-13-4-5-15(10-14(13)2)27-11-18(25)22-23-19(26)17-7-6-16(28-17)12-29-20-21-8-9-24(20)3/h4-10H,11-12H2,1-3H3,(H,22,25)(H,23,26). The van der Waals surface area contributed by atoms with Crippen molar-refractivity contribution >= 4 is 23.6 Å². The monoisotopic (exact) mass is 414 g/mol. The van der Waals surface area contributed by atoms with Crippen LogP contribution in [0.15, 0.2) is 52.3 Å². The van der Waals surface area contributed by atoms with Crippen LogP contribution in [0.5, 0.6) is 5.75 Å². The molecule has 0 spiro atoms. The van der Waals surface area contributed by atoms with Gasteiger partial charge in [0.05, 0.1) is 5.75 Å². The zero-order valence-electron chi connectivity index (χ0n) is 16.4. The van der Waals surface area contributed by atoms with Crippen LogP contribution in [0, 0.1) is 13.8 Å². The third-order valence-electron chi connectivity index (χ3n) is 4.17. The van der Waals surface area contributed by atoms with E-state index >= 15 is 0 Å². The third kappa shape index (κ3) is 5.64. The zero-order chi connectivity index (χ0) is 20.8. The van der Waals surface area contributed by atoms with Crippen molar-refractivity contribution in [1.29, 1.82) is 0 Å². The molecule has 29 heavy (non-hydrogen) atoms. The second kappa shape index (κ2) is 9.33. The molecule has 0 radical (unpaired) electrons. The molecule has 2 amide bonds. The summed E-state index contributed by atoms with van der Waals surface area (Å²) < 4.78 is 12.8. The summed E-state index contributed by atoms with van der Waals surface area (Å²) >= 11 is 1.50. The van der Waals surface area contributed by atoms with E-state index in [1.165, 1.54) is 11.8 Å². The van der Waals surface area contributed by atoms with Gasteiger partial charge in [-0.05, 0) is 49.2 Å². The van der Waals surface area contributed by atoms with Crippen LogP contribution in [0.4, 0.5) is 0 Å². The van der Waals surface area contributed by atoms with Crippen LogP contribution in [0.25, 0.3) is 0 Å². The molecule has 0 saturated carbocycles. The van der Waals surface area contributed by atoms with Gasteiger partial charge >= 0.3 is 5.91 Å². The van der Waals surface area contributed by atoms with Crippen molar-refractivity contribution in [2.75, 3.05) is 6.61 Å². The lowest BCUT2D eigenvalue weighted by Crippen LogP contribution is -2.43. The zero-order valence-corrected chi connectivity index (χ0v) is 17.2. The summed E-state index contributed by atoms with van der Waals surface area (Å²) in [6, 6.07) is 8.85. The predicted octanol–water partition coefficient (Wildman–Crippen LogP) is 2.76. The molecular weight excluding hydrogens is 392 g/mol. The number of rotatable bonds is 7. The number of thioether (sulfide) groups is 1. The molecule has 0 aliphatic heterocycles. The van der Waals surface area contributed by atoms with Gasteiger partial charge in [0.25, 0.3) is 5.91 Å². The van der Waals surface area contributed by atoms with Crippen LogP contribution in [-0.2, 0) is 17.6 Å². The van der Waals surface area contributed by atoms with Gasteiger partial charge in [0.2, 0.25) is 0 Å². The number of nitrogens with zero attached hydrogens (tertiary/aromatic N) is 2. The van der Waals surface area contributed by atoms with Crippen molar-refractivity contribution in [2.45, 2.75) is 24.8 Å². The maximum Gasteiger partial charge on any atom is 0.305 e. The number of aryl methyl sites for hydroxylation is 3. The van der Waals surface area contributed by atoms with Gasteiger partial charge in [-0.25, -0.2) is 4.98 Å². The minimum absolute atomic E-state index is 0.107. The van der Waals surface area contributed by atoms with E-state index in [1.54, 1.807) is 24.4 Å². The summed E-state index contributed by atoms with van der Waals surface area (Å²) in [5.41, 5.74) is 6.84. The number of aromatic nitrogens is 2. The maximum absolute atomic E-state index is 12.1. The van der Waals surface area contributed by atoms with E-state index in [0.29, 0.717) is 17.3 Å². The molecule has 0 fully saturated rings. The van der Waals surface area contributed by atoms with Crippen molar-refractivity contribution in [3.8, 4) is 5.75 Å². The molecule has 0 atom stereocenters. The van der Waals surface area contributed by atoms with Gasteiger partial charge in [-0.15, -0.1) is 0 Å². The highest BCUT2D eigenvalue weighted by atomic mass is 32.2. The Labute approximate surface area is 172 Å². The molecule has 0 unspecified atom stereocenters. The molecular formula is C20H22N4O4S. The highest BCUT2D eigenvalue weighted by Gasteiger charge is 2.13. The van der Waals surface area contributed by atoms with Crippen LogP contribution >= 0.6 is 11.8 Å². The van der Waals surface area contributed by atoms with E-state index < -0.39 is 11.8 Å². The topological polar surface area (TPSA) is 98.4 Å². The Kier molecular flexibility index (Phi) is 6.61. The molecule has 1 aromatic carbocycles. The fourth-order valence-electron chi connectivity index (χ4n) is 2.38. The molecule has 3 aromatic rings. The fraction of sp³-hybridized carbons (Fsp3) is 0.250. The van der Waals surface area contributed by atoms with E-state index in [2.05, 4.69) is 15.8 Å². The molecule has 152 valence electrons. The first-order valence-corrected chi connectivity index (χ1v) is 9.89. The first-order valence-electron chi connectivity index (χ1n) is 8.90. The van der Waals surface area contributed by atoms with Crippen LogP contribution in [-0.4, -0.2) is 28.0 Å². The number of hydrogen-bond donors (Lipinski definition) is 2. The Balaban J connectivity index is 1.43. The third-order valence-corrected chi connectivity index (χ3v) is 5.25. The molecule has 0 saturated heterocycles.